The minimum absolute atomic E-state index is 0.367. The highest BCUT2D eigenvalue weighted by molar-refractivity contribution is 5.90. The molecular formula is C22H24N2O4. The SMILES string of the molecule is O=C(NNC(=O)[C@@H]1CCCC[C@H]1C(=O)O)C(c1ccccc1)c1ccccc1. The summed E-state index contributed by atoms with van der Waals surface area (Å²) in [6, 6.07) is 18.6. The Labute approximate surface area is 163 Å². The zero-order valence-electron chi connectivity index (χ0n) is 15.5. The number of hydrogen-bond donors (Lipinski definition) is 3. The Morgan fingerprint density at radius 3 is 1.79 bits per heavy atom. The molecule has 3 rings (SSSR count). The number of amides is 2. The molecule has 0 radical (unpaired) electrons. The summed E-state index contributed by atoms with van der Waals surface area (Å²) in [5.41, 5.74) is 6.57. The van der Waals surface area contributed by atoms with Crippen molar-refractivity contribution in [2.24, 2.45) is 11.8 Å². The lowest BCUT2D eigenvalue weighted by Crippen LogP contribution is -2.49. The second-order valence-corrected chi connectivity index (χ2v) is 7.07. The summed E-state index contributed by atoms with van der Waals surface area (Å²) in [5.74, 6) is -3.68. The van der Waals surface area contributed by atoms with Gasteiger partial charge in [0.2, 0.25) is 11.8 Å². The molecule has 3 N–H and O–H groups in total. The molecule has 1 fully saturated rings. The van der Waals surface area contributed by atoms with Gasteiger partial charge in [0.1, 0.15) is 0 Å². The standard InChI is InChI=1S/C22H24N2O4/c25-20(17-13-7-8-14-18(17)22(27)28)23-24-21(26)19(15-9-3-1-4-10-15)16-11-5-2-6-12-16/h1-6,9-12,17-19H,7-8,13-14H2,(H,23,25)(H,24,26)(H,27,28)/t17-,18-/m1/s1. The number of carboxylic acid groups (broad SMARTS) is 1. The molecule has 0 heterocycles. The summed E-state index contributed by atoms with van der Waals surface area (Å²) in [6.07, 6.45) is 2.61. The number of nitrogens with one attached hydrogen (secondary N) is 2. The van der Waals surface area contributed by atoms with E-state index in [1.54, 1.807) is 0 Å². The van der Waals surface area contributed by atoms with Crippen LogP contribution >= 0.6 is 0 Å². The van der Waals surface area contributed by atoms with Gasteiger partial charge in [-0.15, -0.1) is 0 Å². The quantitative estimate of drug-likeness (QED) is 0.695. The van der Waals surface area contributed by atoms with Gasteiger partial charge in [0, 0.05) is 0 Å². The molecule has 0 bridgehead atoms. The molecule has 1 saturated carbocycles. The monoisotopic (exact) mass is 380 g/mol. The minimum atomic E-state index is -0.961. The van der Waals surface area contributed by atoms with Crippen molar-refractivity contribution < 1.29 is 19.5 Å². The zero-order valence-corrected chi connectivity index (χ0v) is 15.5. The van der Waals surface area contributed by atoms with Crippen LogP contribution < -0.4 is 10.9 Å². The number of hydrazine groups is 1. The Morgan fingerprint density at radius 2 is 1.29 bits per heavy atom. The predicted octanol–water partition coefficient (Wildman–Crippen LogP) is 2.86. The second kappa shape index (κ2) is 9.17. The van der Waals surface area contributed by atoms with Crippen molar-refractivity contribution in [2.45, 2.75) is 31.6 Å². The average molecular weight is 380 g/mol. The molecule has 1 aliphatic rings. The van der Waals surface area contributed by atoms with Gasteiger partial charge >= 0.3 is 5.97 Å². The fourth-order valence-electron chi connectivity index (χ4n) is 3.81. The van der Waals surface area contributed by atoms with Gasteiger partial charge in [-0.2, -0.15) is 0 Å². The number of carbonyl (C=O) groups excluding carboxylic acids is 2. The van der Waals surface area contributed by atoms with E-state index in [9.17, 15) is 19.5 Å². The van der Waals surface area contributed by atoms with Crippen molar-refractivity contribution in [3.05, 3.63) is 71.8 Å². The molecule has 0 spiro atoms. The van der Waals surface area contributed by atoms with Crippen LogP contribution in [-0.2, 0) is 14.4 Å². The van der Waals surface area contributed by atoms with Gasteiger partial charge in [-0.3, -0.25) is 25.2 Å². The van der Waals surface area contributed by atoms with Crippen molar-refractivity contribution in [2.75, 3.05) is 0 Å². The second-order valence-electron chi connectivity index (χ2n) is 7.07. The molecule has 2 aromatic carbocycles. The van der Waals surface area contributed by atoms with Gasteiger partial charge in [0.25, 0.3) is 0 Å². The fraction of sp³-hybridized carbons (Fsp3) is 0.318. The first-order chi connectivity index (χ1) is 13.6. The van der Waals surface area contributed by atoms with Crippen molar-refractivity contribution in [3.8, 4) is 0 Å². The number of carboxylic acids is 1. The van der Waals surface area contributed by atoms with Gasteiger partial charge in [-0.05, 0) is 24.0 Å². The first-order valence-corrected chi connectivity index (χ1v) is 9.50. The summed E-state index contributed by atoms with van der Waals surface area (Å²) in [5, 5.41) is 9.35. The molecule has 28 heavy (non-hydrogen) atoms. The van der Waals surface area contributed by atoms with E-state index >= 15 is 0 Å². The fourth-order valence-corrected chi connectivity index (χ4v) is 3.81. The van der Waals surface area contributed by atoms with Crippen LogP contribution in [0, 0.1) is 11.8 Å². The van der Waals surface area contributed by atoms with Crippen LogP contribution in [0.1, 0.15) is 42.7 Å². The maximum absolute atomic E-state index is 12.9. The van der Waals surface area contributed by atoms with E-state index in [1.165, 1.54) is 0 Å². The summed E-state index contributed by atoms with van der Waals surface area (Å²) < 4.78 is 0. The third-order valence-electron chi connectivity index (χ3n) is 5.26. The summed E-state index contributed by atoms with van der Waals surface area (Å²) in [7, 11) is 0. The molecule has 0 saturated heterocycles. The summed E-state index contributed by atoms with van der Waals surface area (Å²) in [6.45, 7) is 0. The summed E-state index contributed by atoms with van der Waals surface area (Å²) >= 11 is 0. The Hall–Kier alpha value is -3.15. The highest BCUT2D eigenvalue weighted by atomic mass is 16.4. The van der Waals surface area contributed by atoms with E-state index in [0.29, 0.717) is 12.8 Å². The van der Waals surface area contributed by atoms with Crippen molar-refractivity contribution >= 4 is 17.8 Å². The molecule has 146 valence electrons. The number of hydrogen-bond acceptors (Lipinski definition) is 3. The maximum atomic E-state index is 12.9. The number of rotatable bonds is 5. The highest BCUT2D eigenvalue weighted by Gasteiger charge is 2.36. The Balaban J connectivity index is 1.72. The van der Waals surface area contributed by atoms with Crippen LogP contribution in [0.5, 0.6) is 0 Å². The van der Waals surface area contributed by atoms with E-state index in [0.717, 1.165) is 24.0 Å². The van der Waals surface area contributed by atoms with Crippen LogP contribution in [0.4, 0.5) is 0 Å². The van der Waals surface area contributed by atoms with Crippen LogP contribution in [0.2, 0.25) is 0 Å². The topological polar surface area (TPSA) is 95.5 Å². The highest BCUT2D eigenvalue weighted by Crippen LogP contribution is 2.30. The van der Waals surface area contributed by atoms with E-state index < -0.39 is 29.6 Å². The third-order valence-corrected chi connectivity index (χ3v) is 5.26. The zero-order chi connectivity index (χ0) is 19.9. The average Bonchev–Trinajstić information content (AvgIpc) is 2.73. The lowest BCUT2D eigenvalue weighted by atomic mass is 9.79. The number of carbonyl (C=O) groups is 3. The summed E-state index contributed by atoms with van der Waals surface area (Å²) in [4.78, 5) is 36.8. The van der Waals surface area contributed by atoms with Crippen LogP contribution in [0.15, 0.2) is 60.7 Å². The van der Waals surface area contributed by atoms with Crippen molar-refractivity contribution in [3.63, 3.8) is 0 Å². The normalized spacial score (nSPS) is 19.0. The van der Waals surface area contributed by atoms with Crippen molar-refractivity contribution in [1.29, 1.82) is 0 Å². The van der Waals surface area contributed by atoms with Crippen molar-refractivity contribution in [1.82, 2.24) is 10.9 Å². The number of aliphatic carboxylic acids is 1. The molecule has 6 heteroatoms. The van der Waals surface area contributed by atoms with Gasteiger partial charge < -0.3 is 5.11 Å². The maximum Gasteiger partial charge on any atom is 0.307 e. The minimum Gasteiger partial charge on any atom is -0.481 e. The van der Waals surface area contributed by atoms with E-state index in [1.807, 2.05) is 60.7 Å². The largest absolute Gasteiger partial charge is 0.481 e. The van der Waals surface area contributed by atoms with Gasteiger partial charge in [-0.1, -0.05) is 73.5 Å². The van der Waals surface area contributed by atoms with Crippen LogP contribution in [0.25, 0.3) is 0 Å². The smallest absolute Gasteiger partial charge is 0.307 e. The first kappa shape index (κ1) is 19.6. The lowest BCUT2D eigenvalue weighted by molar-refractivity contribution is -0.149. The van der Waals surface area contributed by atoms with E-state index in [2.05, 4.69) is 10.9 Å². The Morgan fingerprint density at radius 1 is 0.786 bits per heavy atom. The first-order valence-electron chi connectivity index (χ1n) is 9.50. The Kier molecular flexibility index (Phi) is 6.42. The van der Waals surface area contributed by atoms with Crippen LogP contribution in [-0.4, -0.2) is 22.9 Å². The molecule has 1 aliphatic carbocycles. The molecule has 2 atom stereocenters. The molecule has 6 nitrogen and oxygen atoms in total. The lowest BCUT2D eigenvalue weighted by Gasteiger charge is -2.27. The molecule has 2 amide bonds. The number of benzene rings is 2. The Bertz CT molecular complexity index is 783. The molecule has 0 aromatic heterocycles. The van der Waals surface area contributed by atoms with Gasteiger partial charge in [-0.25, -0.2) is 0 Å². The van der Waals surface area contributed by atoms with Gasteiger partial charge in [0.05, 0.1) is 17.8 Å². The van der Waals surface area contributed by atoms with E-state index in [4.69, 9.17) is 0 Å². The molecule has 0 aliphatic heterocycles. The molecular weight excluding hydrogens is 356 g/mol. The molecule has 2 aromatic rings. The third kappa shape index (κ3) is 4.57. The predicted molar refractivity (Wildman–Crippen MR) is 104 cm³/mol. The molecule has 0 unspecified atom stereocenters. The van der Waals surface area contributed by atoms with Crippen LogP contribution in [0.3, 0.4) is 0 Å². The van der Waals surface area contributed by atoms with E-state index in [-0.39, 0.29) is 5.91 Å². The van der Waals surface area contributed by atoms with Gasteiger partial charge in [0.15, 0.2) is 0 Å².